The lowest BCUT2D eigenvalue weighted by atomic mass is 10.2. The van der Waals surface area contributed by atoms with E-state index >= 15 is 0 Å². The van der Waals surface area contributed by atoms with Gasteiger partial charge in [0.2, 0.25) is 5.91 Å². The predicted molar refractivity (Wildman–Crippen MR) is 113 cm³/mol. The summed E-state index contributed by atoms with van der Waals surface area (Å²) in [6, 6.07) is 14.1. The second-order valence-corrected chi connectivity index (χ2v) is 6.83. The van der Waals surface area contributed by atoms with Gasteiger partial charge in [-0.3, -0.25) is 9.59 Å². The van der Waals surface area contributed by atoms with E-state index in [4.69, 9.17) is 9.47 Å². The summed E-state index contributed by atoms with van der Waals surface area (Å²) in [5.74, 6) is -0.308. The molecule has 0 spiro atoms. The van der Waals surface area contributed by atoms with Gasteiger partial charge in [0.15, 0.2) is 6.61 Å². The first-order valence-corrected chi connectivity index (χ1v) is 9.28. The molecule has 1 N–H and O–H groups in total. The van der Waals surface area contributed by atoms with E-state index in [-0.39, 0.29) is 25.0 Å². The van der Waals surface area contributed by atoms with Crippen molar-refractivity contribution in [2.75, 3.05) is 33.1 Å². The summed E-state index contributed by atoms with van der Waals surface area (Å²) in [4.78, 5) is 37.6. The van der Waals surface area contributed by atoms with Crippen LogP contribution in [0, 0.1) is 0 Å². The number of hydrogen-bond acceptors (Lipinski definition) is 5. The number of nitrogens with one attached hydrogen (secondary N) is 1. The molecule has 8 heteroatoms. The van der Waals surface area contributed by atoms with Crippen LogP contribution in [-0.4, -0.2) is 55.1 Å². The molecule has 0 aliphatic carbocycles. The second-order valence-electron chi connectivity index (χ2n) is 6.83. The molecule has 1 heterocycles. The van der Waals surface area contributed by atoms with Crippen molar-refractivity contribution in [3.8, 4) is 5.75 Å². The summed E-state index contributed by atoms with van der Waals surface area (Å²) in [5, 5.41) is 3.54. The summed E-state index contributed by atoms with van der Waals surface area (Å²) in [7, 11) is 4.64. The molecule has 2 amide bonds. The first-order chi connectivity index (χ1) is 14.4. The molecular weight excluding hydrogens is 386 g/mol. The summed E-state index contributed by atoms with van der Waals surface area (Å²) >= 11 is 0. The normalized spacial score (nSPS) is 10.5. The molecule has 0 saturated carbocycles. The molecule has 3 aromatic rings. The number of carbonyl (C=O) groups is 3. The van der Waals surface area contributed by atoms with E-state index in [1.54, 1.807) is 49.1 Å². The quantitative estimate of drug-likeness (QED) is 0.606. The van der Waals surface area contributed by atoms with Crippen molar-refractivity contribution >= 4 is 34.4 Å². The number of ether oxygens (including phenoxy) is 2. The maximum absolute atomic E-state index is 12.5. The molecule has 1 aromatic heterocycles. The number of esters is 1. The first-order valence-electron chi connectivity index (χ1n) is 9.28. The standard InChI is InChI=1S/C22H23N3O5/c1-24(2)21(27)14-30-16-10-8-15(9-11-16)23-20(26)13-25-12-18(22(28)29-3)17-6-4-5-7-19(17)25/h4-12H,13-14H2,1-3H3,(H,23,26). The van der Waals surface area contributed by atoms with Gasteiger partial charge in [0.05, 0.1) is 12.7 Å². The monoisotopic (exact) mass is 409 g/mol. The number of rotatable bonds is 7. The van der Waals surface area contributed by atoms with Crippen molar-refractivity contribution in [2.24, 2.45) is 0 Å². The lowest BCUT2D eigenvalue weighted by molar-refractivity contribution is -0.130. The van der Waals surface area contributed by atoms with E-state index in [9.17, 15) is 14.4 Å². The summed E-state index contributed by atoms with van der Waals surface area (Å²) in [6.45, 7) is -0.0188. The summed E-state index contributed by atoms with van der Waals surface area (Å²) < 4.78 is 12.0. The lowest BCUT2D eigenvalue weighted by Gasteiger charge is -2.12. The van der Waals surface area contributed by atoms with Crippen LogP contribution in [0.5, 0.6) is 5.75 Å². The lowest BCUT2D eigenvalue weighted by Crippen LogP contribution is -2.27. The Labute approximate surface area is 174 Å². The summed E-state index contributed by atoms with van der Waals surface area (Å²) in [6.07, 6.45) is 1.62. The Hall–Kier alpha value is -3.81. The molecule has 0 radical (unpaired) electrons. The Morgan fingerprint density at radius 1 is 1.03 bits per heavy atom. The Balaban J connectivity index is 1.66. The van der Waals surface area contributed by atoms with Crippen molar-refractivity contribution in [1.82, 2.24) is 9.47 Å². The highest BCUT2D eigenvalue weighted by atomic mass is 16.5. The smallest absolute Gasteiger partial charge is 0.340 e. The van der Waals surface area contributed by atoms with Crippen molar-refractivity contribution < 1.29 is 23.9 Å². The zero-order valence-corrected chi connectivity index (χ0v) is 17.0. The molecule has 156 valence electrons. The van der Waals surface area contributed by atoms with Gasteiger partial charge in [0, 0.05) is 36.9 Å². The van der Waals surface area contributed by atoms with E-state index in [0.717, 1.165) is 10.9 Å². The van der Waals surface area contributed by atoms with E-state index < -0.39 is 5.97 Å². The number of carbonyl (C=O) groups excluding carboxylic acids is 3. The third-order valence-corrected chi connectivity index (χ3v) is 4.51. The van der Waals surface area contributed by atoms with Crippen LogP contribution in [-0.2, 0) is 20.9 Å². The molecule has 0 atom stereocenters. The van der Waals surface area contributed by atoms with E-state index in [0.29, 0.717) is 17.0 Å². The molecule has 0 aliphatic rings. The molecule has 0 saturated heterocycles. The molecule has 3 rings (SSSR count). The van der Waals surface area contributed by atoms with Gasteiger partial charge < -0.3 is 24.3 Å². The maximum Gasteiger partial charge on any atom is 0.340 e. The molecule has 30 heavy (non-hydrogen) atoms. The fraction of sp³-hybridized carbons (Fsp3) is 0.227. The van der Waals surface area contributed by atoms with Gasteiger partial charge >= 0.3 is 5.97 Å². The van der Waals surface area contributed by atoms with Crippen molar-refractivity contribution in [2.45, 2.75) is 6.54 Å². The molecule has 0 fully saturated rings. The van der Waals surface area contributed by atoms with Gasteiger partial charge in [0.25, 0.3) is 5.91 Å². The van der Waals surface area contributed by atoms with Crippen LogP contribution in [0.3, 0.4) is 0 Å². The highest BCUT2D eigenvalue weighted by Gasteiger charge is 2.16. The van der Waals surface area contributed by atoms with Gasteiger partial charge in [-0.05, 0) is 30.3 Å². The van der Waals surface area contributed by atoms with E-state index in [1.165, 1.54) is 12.0 Å². The first kappa shape index (κ1) is 20.9. The van der Waals surface area contributed by atoms with Crippen LogP contribution in [0.1, 0.15) is 10.4 Å². The number of benzene rings is 2. The zero-order chi connectivity index (χ0) is 21.7. The molecule has 0 unspecified atom stereocenters. The molecule has 8 nitrogen and oxygen atoms in total. The molecule has 2 aromatic carbocycles. The fourth-order valence-corrected chi connectivity index (χ4v) is 2.91. The maximum atomic E-state index is 12.5. The van der Waals surface area contributed by atoms with Crippen LogP contribution in [0.2, 0.25) is 0 Å². The zero-order valence-electron chi connectivity index (χ0n) is 17.0. The number of amides is 2. The Bertz CT molecular complexity index is 1070. The highest BCUT2D eigenvalue weighted by molar-refractivity contribution is 6.05. The third-order valence-electron chi connectivity index (χ3n) is 4.51. The van der Waals surface area contributed by atoms with Gasteiger partial charge in [-0.25, -0.2) is 4.79 Å². The highest BCUT2D eigenvalue weighted by Crippen LogP contribution is 2.22. The predicted octanol–water partition coefficient (Wildman–Crippen LogP) is 2.53. The minimum absolute atomic E-state index is 0.0348. The van der Waals surface area contributed by atoms with E-state index in [1.807, 2.05) is 24.3 Å². The number of fused-ring (bicyclic) bond motifs is 1. The Kier molecular flexibility index (Phi) is 6.36. The largest absolute Gasteiger partial charge is 0.484 e. The van der Waals surface area contributed by atoms with Crippen molar-refractivity contribution in [1.29, 1.82) is 0 Å². The van der Waals surface area contributed by atoms with Crippen molar-refractivity contribution in [3.05, 3.63) is 60.3 Å². The topological polar surface area (TPSA) is 89.9 Å². The minimum Gasteiger partial charge on any atom is -0.484 e. The number of nitrogens with zero attached hydrogens (tertiary/aromatic N) is 2. The number of hydrogen-bond donors (Lipinski definition) is 1. The van der Waals surface area contributed by atoms with Crippen molar-refractivity contribution in [3.63, 3.8) is 0 Å². The number of aromatic nitrogens is 1. The van der Waals surface area contributed by atoms with Gasteiger partial charge in [-0.15, -0.1) is 0 Å². The minimum atomic E-state index is -0.450. The van der Waals surface area contributed by atoms with Crippen LogP contribution in [0.15, 0.2) is 54.7 Å². The average molecular weight is 409 g/mol. The van der Waals surface area contributed by atoms with Gasteiger partial charge in [0.1, 0.15) is 12.3 Å². The molecule has 0 bridgehead atoms. The number of anilines is 1. The Morgan fingerprint density at radius 2 is 1.73 bits per heavy atom. The molecule has 0 aliphatic heterocycles. The number of para-hydroxylation sites is 1. The third kappa shape index (κ3) is 4.78. The van der Waals surface area contributed by atoms with Crippen LogP contribution >= 0.6 is 0 Å². The molecular formula is C22H23N3O5. The van der Waals surface area contributed by atoms with E-state index in [2.05, 4.69) is 5.32 Å². The summed E-state index contributed by atoms with van der Waals surface area (Å²) in [5.41, 5.74) is 1.77. The van der Waals surface area contributed by atoms with Gasteiger partial charge in [-0.1, -0.05) is 18.2 Å². The van der Waals surface area contributed by atoms with Gasteiger partial charge in [-0.2, -0.15) is 0 Å². The number of likely N-dealkylation sites (N-methyl/N-ethyl adjacent to an activating group) is 1. The average Bonchev–Trinajstić information content (AvgIpc) is 3.10. The SMILES string of the molecule is COC(=O)c1cn(CC(=O)Nc2ccc(OCC(=O)N(C)C)cc2)c2ccccc12. The Morgan fingerprint density at radius 3 is 2.40 bits per heavy atom. The van der Waals surface area contributed by atoms with Crippen LogP contribution in [0.25, 0.3) is 10.9 Å². The van der Waals surface area contributed by atoms with Crippen LogP contribution in [0.4, 0.5) is 5.69 Å². The fourth-order valence-electron chi connectivity index (χ4n) is 2.91. The van der Waals surface area contributed by atoms with Crippen LogP contribution < -0.4 is 10.1 Å². The number of methoxy groups -OCH3 is 1. The second kappa shape index (κ2) is 9.13.